The molecule has 0 saturated carbocycles. The molecule has 0 atom stereocenters. The molecule has 0 bridgehead atoms. The van der Waals surface area contributed by atoms with Crippen LogP contribution in [0.4, 0.5) is 0 Å². The second-order valence-electron chi connectivity index (χ2n) is 6.18. The van der Waals surface area contributed by atoms with Crippen LogP contribution in [0.25, 0.3) is 0 Å². The van der Waals surface area contributed by atoms with Gasteiger partial charge in [0.05, 0.1) is 13.0 Å². The highest BCUT2D eigenvalue weighted by Crippen LogP contribution is 2.17. The molecule has 140 valence electrons. The molecule has 26 heavy (non-hydrogen) atoms. The Labute approximate surface area is 160 Å². The van der Waals surface area contributed by atoms with Gasteiger partial charge in [-0.3, -0.25) is 4.79 Å². The molecule has 0 aliphatic heterocycles. The minimum atomic E-state index is -0.764. The van der Waals surface area contributed by atoms with E-state index < -0.39 is 5.97 Å². The first kappa shape index (κ1) is 20.3. The maximum absolute atomic E-state index is 10.4. The van der Waals surface area contributed by atoms with Gasteiger partial charge in [-0.2, -0.15) is 0 Å². The van der Waals surface area contributed by atoms with Crippen LogP contribution in [-0.2, 0) is 17.6 Å². The highest BCUT2D eigenvalue weighted by molar-refractivity contribution is 6.31. The maximum Gasteiger partial charge on any atom is 0.304 e. The van der Waals surface area contributed by atoms with Gasteiger partial charge in [0.2, 0.25) is 0 Å². The Morgan fingerprint density at radius 2 is 1.77 bits per heavy atom. The first-order valence-electron chi connectivity index (χ1n) is 9.03. The van der Waals surface area contributed by atoms with Gasteiger partial charge in [-0.15, -0.1) is 0 Å². The normalized spacial score (nSPS) is 10.7. The van der Waals surface area contributed by atoms with Crippen LogP contribution in [0.2, 0.25) is 5.02 Å². The largest absolute Gasteiger partial charge is 0.494 e. The van der Waals surface area contributed by atoms with E-state index in [1.807, 2.05) is 36.4 Å². The lowest BCUT2D eigenvalue weighted by atomic mass is 10.1. The van der Waals surface area contributed by atoms with Crippen molar-refractivity contribution in [3.63, 3.8) is 0 Å². The van der Waals surface area contributed by atoms with Gasteiger partial charge in [-0.25, -0.2) is 0 Å². The first-order valence-corrected chi connectivity index (χ1v) is 9.40. The highest BCUT2D eigenvalue weighted by Gasteiger charge is 2.00. The molecule has 2 aromatic carbocycles. The summed E-state index contributed by atoms with van der Waals surface area (Å²) in [6.45, 7) is 2.02. The summed E-state index contributed by atoms with van der Waals surface area (Å²) in [6.07, 6.45) is 3.95. The molecule has 0 amide bonds. The number of aliphatic carboxylic acids is 1. The predicted octanol–water partition coefficient (Wildman–Crippen LogP) is 4.35. The van der Waals surface area contributed by atoms with Crippen LogP contribution in [0.15, 0.2) is 48.5 Å². The third kappa shape index (κ3) is 7.89. The van der Waals surface area contributed by atoms with Crippen molar-refractivity contribution in [1.82, 2.24) is 5.32 Å². The Balaban J connectivity index is 1.60. The molecule has 0 aromatic heterocycles. The number of hydrogen-bond donors (Lipinski definition) is 2. The van der Waals surface area contributed by atoms with Crippen molar-refractivity contribution >= 4 is 17.6 Å². The SMILES string of the molecule is O=C(O)CCNCCCc1ccc(OCCCc2ccccc2Cl)cc1. The van der Waals surface area contributed by atoms with E-state index in [9.17, 15) is 4.79 Å². The summed E-state index contributed by atoms with van der Waals surface area (Å²) in [5.74, 6) is 0.118. The molecule has 4 nitrogen and oxygen atoms in total. The lowest BCUT2D eigenvalue weighted by Gasteiger charge is -2.08. The molecule has 5 heteroatoms. The fraction of sp³-hybridized carbons (Fsp3) is 0.381. The third-order valence-corrected chi connectivity index (χ3v) is 4.44. The summed E-state index contributed by atoms with van der Waals surface area (Å²) in [7, 11) is 0. The number of halogens is 1. The molecular formula is C21H26ClNO3. The smallest absolute Gasteiger partial charge is 0.304 e. The predicted molar refractivity (Wildman–Crippen MR) is 105 cm³/mol. The van der Waals surface area contributed by atoms with Gasteiger partial charge in [-0.1, -0.05) is 41.9 Å². The molecule has 0 aliphatic rings. The minimum absolute atomic E-state index is 0.169. The molecule has 0 unspecified atom stereocenters. The molecule has 0 radical (unpaired) electrons. The van der Waals surface area contributed by atoms with Gasteiger partial charge in [0.25, 0.3) is 0 Å². The van der Waals surface area contributed by atoms with E-state index in [1.54, 1.807) is 0 Å². The zero-order valence-electron chi connectivity index (χ0n) is 14.9. The fourth-order valence-corrected chi connectivity index (χ4v) is 2.87. The molecule has 0 heterocycles. The summed E-state index contributed by atoms with van der Waals surface area (Å²) in [5, 5.41) is 12.5. The molecule has 0 fully saturated rings. The minimum Gasteiger partial charge on any atom is -0.494 e. The summed E-state index contributed by atoms with van der Waals surface area (Å²) >= 11 is 6.15. The van der Waals surface area contributed by atoms with Crippen molar-refractivity contribution in [3.05, 3.63) is 64.7 Å². The summed E-state index contributed by atoms with van der Waals surface area (Å²) < 4.78 is 5.79. The Morgan fingerprint density at radius 1 is 1.00 bits per heavy atom. The van der Waals surface area contributed by atoms with E-state index in [4.69, 9.17) is 21.4 Å². The molecule has 0 spiro atoms. The van der Waals surface area contributed by atoms with Crippen LogP contribution >= 0.6 is 11.6 Å². The average Bonchev–Trinajstić information content (AvgIpc) is 2.64. The molecular weight excluding hydrogens is 350 g/mol. The van der Waals surface area contributed by atoms with E-state index >= 15 is 0 Å². The summed E-state index contributed by atoms with van der Waals surface area (Å²) in [4.78, 5) is 10.4. The van der Waals surface area contributed by atoms with Gasteiger partial charge in [0.1, 0.15) is 5.75 Å². The number of ether oxygens (including phenoxy) is 1. The lowest BCUT2D eigenvalue weighted by Crippen LogP contribution is -2.19. The Kier molecular flexibility index (Phi) is 9.01. The lowest BCUT2D eigenvalue weighted by molar-refractivity contribution is -0.136. The van der Waals surface area contributed by atoms with Gasteiger partial charge in [0.15, 0.2) is 0 Å². The van der Waals surface area contributed by atoms with E-state index in [1.165, 1.54) is 5.56 Å². The fourth-order valence-electron chi connectivity index (χ4n) is 2.64. The number of carbonyl (C=O) groups is 1. The molecule has 2 N–H and O–H groups in total. The quantitative estimate of drug-likeness (QED) is 0.541. The number of carboxylic acids is 1. The van der Waals surface area contributed by atoms with Crippen LogP contribution in [0.3, 0.4) is 0 Å². The molecule has 2 aromatic rings. The standard InChI is InChI=1S/C21H26ClNO3/c22-20-8-2-1-6-18(20)7-4-16-26-19-11-9-17(10-12-19)5-3-14-23-15-13-21(24)25/h1-2,6,8-12,23H,3-5,7,13-16H2,(H,24,25). The topological polar surface area (TPSA) is 58.6 Å². The third-order valence-electron chi connectivity index (χ3n) is 4.08. The number of nitrogens with one attached hydrogen (secondary N) is 1. The average molecular weight is 376 g/mol. The molecule has 0 aliphatic carbocycles. The van der Waals surface area contributed by atoms with Gasteiger partial charge in [-0.05, 0) is 61.6 Å². The van der Waals surface area contributed by atoms with Crippen molar-refractivity contribution in [2.75, 3.05) is 19.7 Å². The second-order valence-corrected chi connectivity index (χ2v) is 6.59. The number of benzene rings is 2. The highest BCUT2D eigenvalue weighted by atomic mass is 35.5. The van der Waals surface area contributed by atoms with Crippen molar-refractivity contribution in [1.29, 1.82) is 0 Å². The summed E-state index contributed by atoms with van der Waals surface area (Å²) in [6, 6.07) is 16.1. The van der Waals surface area contributed by atoms with Crippen molar-refractivity contribution in [2.24, 2.45) is 0 Å². The second kappa shape index (κ2) is 11.6. The first-order chi connectivity index (χ1) is 12.6. The van der Waals surface area contributed by atoms with Crippen LogP contribution in [-0.4, -0.2) is 30.8 Å². The van der Waals surface area contributed by atoms with Crippen molar-refractivity contribution in [2.45, 2.75) is 32.1 Å². The van der Waals surface area contributed by atoms with Crippen molar-refractivity contribution < 1.29 is 14.6 Å². The van der Waals surface area contributed by atoms with Crippen LogP contribution < -0.4 is 10.1 Å². The van der Waals surface area contributed by atoms with E-state index in [0.29, 0.717) is 13.2 Å². The van der Waals surface area contributed by atoms with Crippen molar-refractivity contribution in [3.8, 4) is 5.75 Å². The zero-order chi connectivity index (χ0) is 18.6. The molecule has 2 rings (SSSR count). The maximum atomic E-state index is 10.4. The monoisotopic (exact) mass is 375 g/mol. The number of hydrogen-bond acceptors (Lipinski definition) is 3. The summed E-state index contributed by atoms with van der Waals surface area (Å²) in [5.41, 5.74) is 2.42. The van der Waals surface area contributed by atoms with E-state index in [-0.39, 0.29) is 6.42 Å². The van der Waals surface area contributed by atoms with Gasteiger partial charge in [0, 0.05) is 11.6 Å². The van der Waals surface area contributed by atoms with Crippen LogP contribution in [0.1, 0.15) is 30.4 Å². The number of carboxylic acid groups (broad SMARTS) is 1. The van der Waals surface area contributed by atoms with Gasteiger partial charge >= 0.3 is 5.97 Å². The number of rotatable bonds is 12. The Hall–Kier alpha value is -2.04. The van der Waals surface area contributed by atoms with Crippen LogP contribution in [0.5, 0.6) is 5.75 Å². The number of aryl methyl sites for hydroxylation is 2. The Bertz CT molecular complexity index is 673. The zero-order valence-corrected chi connectivity index (χ0v) is 15.7. The van der Waals surface area contributed by atoms with Crippen LogP contribution in [0, 0.1) is 0 Å². The van der Waals surface area contributed by atoms with Gasteiger partial charge < -0.3 is 15.2 Å². The molecule has 0 saturated heterocycles. The van der Waals surface area contributed by atoms with E-state index in [2.05, 4.69) is 17.4 Å². The van der Waals surface area contributed by atoms with E-state index in [0.717, 1.165) is 48.6 Å². The Morgan fingerprint density at radius 3 is 2.50 bits per heavy atom.